The summed E-state index contributed by atoms with van der Waals surface area (Å²) in [6, 6.07) is 6.22. The third-order valence-corrected chi connectivity index (χ3v) is 3.01. The van der Waals surface area contributed by atoms with Gasteiger partial charge in [0.05, 0.1) is 7.11 Å². The van der Waals surface area contributed by atoms with E-state index in [-0.39, 0.29) is 0 Å². The van der Waals surface area contributed by atoms with Crippen LogP contribution in [0.15, 0.2) is 33.5 Å². The van der Waals surface area contributed by atoms with E-state index < -0.39 is 40.1 Å². The lowest BCUT2D eigenvalue weighted by atomic mass is 10.1. The molecule has 0 aliphatic heterocycles. The Hall–Kier alpha value is -3.29. The Morgan fingerprint density at radius 3 is 2.26 bits per heavy atom. The summed E-state index contributed by atoms with van der Waals surface area (Å²) in [4.78, 5) is 35.0. The highest BCUT2D eigenvalue weighted by Crippen LogP contribution is 2.29. The molecule has 0 saturated carbocycles. The van der Waals surface area contributed by atoms with Crippen molar-refractivity contribution in [3.05, 3.63) is 45.8 Å². The summed E-state index contributed by atoms with van der Waals surface area (Å²) < 4.78 is 9.39. The van der Waals surface area contributed by atoms with Crippen molar-refractivity contribution < 1.29 is 29.0 Å². The molecule has 0 aliphatic rings. The van der Waals surface area contributed by atoms with Crippen molar-refractivity contribution in [1.82, 2.24) is 0 Å². The van der Waals surface area contributed by atoms with Crippen molar-refractivity contribution in [3.63, 3.8) is 0 Å². The minimum atomic E-state index is -1.23. The third-order valence-electron chi connectivity index (χ3n) is 3.01. The van der Waals surface area contributed by atoms with Crippen molar-refractivity contribution in [1.29, 1.82) is 0 Å². The molecule has 1 aromatic carbocycles. The van der Waals surface area contributed by atoms with Crippen molar-refractivity contribution >= 4 is 17.4 Å². The molecule has 2 rings (SSSR count). The molecular formula is C15H13NO7. The molecule has 2 aromatic rings. The molecule has 120 valence electrons. The zero-order chi connectivity index (χ0) is 17.1. The van der Waals surface area contributed by atoms with Crippen LogP contribution in [0.4, 0.5) is 5.69 Å². The van der Waals surface area contributed by atoms with Gasteiger partial charge in [-0.1, -0.05) is 0 Å². The van der Waals surface area contributed by atoms with Gasteiger partial charge in [-0.2, -0.15) is 0 Å². The lowest BCUT2D eigenvalue weighted by molar-refractivity contribution is 0.100. The summed E-state index contributed by atoms with van der Waals surface area (Å²) in [5, 5.41) is 21.9. The maximum absolute atomic E-state index is 12.2. The zero-order valence-electron chi connectivity index (χ0n) is 12.2. The number of carbonyl (C=O) groups is 2. The summed E-state index contributed by atoms with van der Waals surface area (Å²) >= 11 is 0. The van der Waals surface area contributed by atoms with Crippen molar-refractivity contribution in [2.24, 2.45) is 0 Å². The number of nitrogens with one attached hydrogen (secondary N) is 1. The van der Waals surface area contributed by atoms with E-state index in [2.05, 4.69) is 9.73 Å². The van der Waals surface area contributed by atoms with Gasteiger partial charge in [0.1, 0.15) is 11.3 Å². The molecule has 3 N–H and O–H groups in total. The quantitative estimate of drug-likeness (QED) is 0.729. The number of hydrogen-bond acceptors (Lipinski definition) is 7. The molecule has 0 aliphatic carbocycles. The summed E-state index contributed by atoms with van der Waals surface area (Å²) in [6.07, 6.45) is 0. The van der Waals surface area contributed by atoms with Crippen molar-refractivity contribution in [2.75, 3.05) is 12.4 Å². The SMILES string of the molecule is COc1ccc(NC(=O)c2c(O)oc(=O)c(C(C)=O)c2O)cc1. The highest BCUT2D eigenvalue weighted by Gasteiger charge is 2.27. The van der Waals surface area contributed by atoms with E-state index in [0.717, 1.165) is 6.92 Å². The van der Waals surface area contributed by atoms with E-state index in [1.54, 1.807) is 12.1 Å². The summed E-state index contributed by atoms with van der Waals surface area (Å²) in [5.74, 6) is -3.19. The first-order valence-electron chi connectivity index (χ1n) is 6.40. The van der Waals surface area contributed by atoms with Crippen LogP contribution in [0.1, 0.15) is 27.6 Å². The number of carbonyl (C=O) groups excluding carboxylic acids is 2. The first-order valence-corrected chi connectivity index (χ1v) is 6.40. The Labute approximate surface area is 129 Å². The summed E-state index contributed by atoms with van der Waals surface area (Å²) in [5.41, 5.74) is -2.30. The normalized spacial score (nSPS) is 10.2. The molecular weight excluding hydrogens is 306 g/mol. The topological polar surface area (TPSA) is 126 Å². The molecule has 0 saturated heterocycles. The van der Waals surface area contributed by atoms with Gasteiger partial charge in [0, 0.05) is 5.69 Å². The smallest absolute Gasteiger partial charge is 0.353 e. The van der Waals surface area contributed by atoms with Gasteiger partial charge < -0.3 is 24.7 Å². The fraction of sp³-hybridized carbons (Fsp3) is 0.133. The molecule has 0 fully saturated rings. The fourth-order valence-electron chi connectivity index (χ4n) is 1.90. The lowest BCUT2D eigenvalue weighted by Crippen LogP contribution is -2.18. The van der Waals surface area contributed by atoms with Crippen LogP contribution in [0.3, 0.4) is 0 Å². The molecule has 0 spiro atoms. The molecule has 23 heavy (non-hydrogen) atoms. The summed E-state index contributed by atoms with van der Waals surface area (Å²) in [7, 11) is 1.49. The lowest BCUT2D eigenvalue weighted by Gasteiger charge is -2.09. The van der Waals surface area contributed by atoms with Gasteiger partial charge in [-0.25, -0.2) is 4.79 Å². The van der Waals surface area contributed by atoms with Crippen LogP contribution in [0, 0.1) is 0 Å². The minimum absolute atomic E-state index is 0.338. The molecule has 8 heteroatoms. The molecule has 0 radical (unpaired) electrons. The predicted molar refractivity (Wildman–Crippen MR) is 79.3 cm³/mol. The Kier molecular flexibility index (Phi) is 4.35. The monoisotopic (exact) mass is 319 g/mol. The van der Waals surface area contributed by atoms with Crippen LogP contribution in [0.2, 0.25) is 0 Å². The number of anilines is 1. The van der Waals surface area contributed by atoms with E-state index in [1.807, 2.05) is 0 Å². The first kappa shape index (κ1) is 16.1. The average Bonchev–Trinajstić information content (AvgIpc) is 2.46. The highest BCUT2D eigenvalue weighted by molar-refractivity contribution is 6.10. The number of benzene rings is 1. The predicted octanol–water partition coefficient (Wildman–Crippen LogP) is 1.51. The fourth-order valence-corrected chi connectivity index (χ4v) is 1.90. The van der Waals surface area contributed by atoms with Gasteiger partial charge in [0.25, 0.3) is 5.91 Å². The van der Waals surface area contributed by atoms with E-state index >= 15 is 0 Å². The van der Waals surface area contributed by atoms with Gasteiger partial charge in [0.15, 0.2) is 17.1 Å². The number of Topliss-reactive ketones (excluding diaryl/α,β-unsaturated/α-hetero) is 1. The largest absolute Gasteiger partial charge is 0.506 e. The van der Waals surface area contributed by atoms with E-state index in [4.69, 9.17) is 4.74 Å². The average molecular weight is 319 g/mol. The van der Waals surface area contributed by atoms with Crippen molar-refractivity contribution in [2.45, 2.75) is 6.92 Å². The maximum atomic E-state index is 12.2. The Morgan fingerprint density at radius 1 is 1.13 bits per heavy atom. The molecule has 1 heterocycles. The van der Waals surface area contributed by atoms with E-state index in [1.165, 1.54) is 19.2 Å². The maximum Gasteiger partial charge on any atom is 0.353 e. The second-order valence-electron chi connectivity index (χ2n) is 4.53. The number of ether oxygens (including phenoxy) is 1. The highest BCUT2D eigenvalue weighted by atomic mass is 16.5. The molecule has 1 amide bonds. The molecule has 0 bridgehead atoms. The van der Waals surface area contributed by atoms with Crippen LogP contribution in [0.5, 0.6) is 17.4 Å². The van der Waals surface area contributed by atoms with Crippen LogP contribution in [-0.2, 0) is 0 Å². The Balaban J connectivity index is 2.40. The van der Waals surface area contributed by atoms with Crippen molar-refractivity contribution in [3.8, 4) is 17.4 Å². The Bertz CT molecular complexity index is 821. The zero-order valence-corrected chi connectivity index (χ0v) is 12.2. The molecule has 0 atom stereocenters. The minimum Gasteiger partial charge on any atom is -0.506 e. The second kappa shape index (κ2) is 6.22. The van der Waals surface area contributed by atoms with E-state index in [9.17, 15) is 24.6 Å². The third kappa shape index (κ3) is 3.15. The molecule has 1 aromatic heterocycles. The molecule has 0 unspecified atom stereocenters. The first-order chi connectivity index (χ1) is 10.8. The number of methoxy groups -OCH3 is 1. The molecule has 8 nitrogen and oxygen atoms in total. The van der Waals surface area contributed by atoms with Crippen LogP contribution < -0.4 is 15.7 Å². The second-order valence-corrected chi connectivity index (χ2v) is 4.53. The number of hydrogen-bond donors (Lipinski definition) is 3. The number of amides is 1. The van der Waals surface area contributed by atoms with Crippen LogP contribution >= 0.6 is 0 Å². The van der Waals surface area contributed by atoms with Crippen LogP contribution in [-0.4, -0.2) is 29.0 Å². The number of aromatic hydroxyl groups is 2. The number of ketones is 1. The van der Waals surface area contributed by atoms with Gasteiger partial charge >= 0.3 is 11.6 Å². The standard InChI is InChI=1S/C15H13NO7/c1-7(17)10-12(18)11(15(21)23-14(10)20)13(19)16-8-3-5-9(22-2)6-4-8/h3-6,18,21H,1-2H3,(H,16,19). The van der Waals surface area contributed by atoms with Gasteiger partial charge in [-0.05, 0) is 31.2 Å². The van der Waals surface area contributed by atoms with Crippen LogP contribution in [0.25, 0.3) is 0 Å². The van der Waals surface area contributed by atoms with Gasteiger partial charge in [-0.15, -0.1) is 0 Å². The van der Waals surface area contributed by atoms with E-state index in [0.29, 0.717) is 11.4 Å². The summed E-state index contributed by atoms with van der Waals surface area (Å²) in [6.45, 7) is 1.02. The van der Waals surface area contributed by atoms with Gasteiger partial charge in [0.2, 0.25) is 0 Å². The number of rotatable bonds is 4. The van der Waals surface area contributed by atoms with Gasteiger partial charge in [-0.3, -0.25) is 9.59 Å². The Morgan fingerprint density at radius 2 is 1.74 bits per heavy atom.